The molecule has 0 aromatic heterocycles. The number of carbonyl (C=O) groups is 1. The van der Waals surface area contributed by atoms with E-state index in [1.165, 1.54) is 0 Å². The van der Waals surface area contributed by atoms with E-state index in [1.54, 1.807) is 21.3 Å². The molecular formula is C13H28N2O5Si. The molecule has 0 spiro atoms. The van der Waals surface area contributed by atoms with Crippen molar-refractivity contribution < 1.29 is 22.8 Å². The second kappa shape index (κ2) is 9.37. The predicted molar refractivity (Wildman–Crippen MR) is 81.2 cm³/mol. The van der Waals surface area contributed by atoms with Gasteiger partial charge in [-0.2, -0.15) is 0 Å². The molecule has 1 aliphatic rings. The van der Waals surface area contributed by atoms with Crippen molar-refractivity contribution in [3.8, 4) is 0 Å². The number of carbonyl (C=O) groups excluding carboxylic acids is 1. The van der Waals surface area contributed by atoms with E-state index < -0.39 is 8.80 Å². The molecular weight excluding hydrogens is 292 g/mol. The Morgan fingerprint density at radius 1 is 1.05 bits per heavy atom. The summed E-state index contributed by atoms with van der Waals surface area (Å²) < 4.78 is 21.4. The SMILES string of the molecule is CCOCCN1CCN(CCC[Si](OC)(OC)OC)C1=O. The maximum absolute atomic E-state index is 12.2. The molecule has 2 amide bonds. The average molecular weight is 320 g/mol. The molecule has 0 aromatic rings. The van der Waals surface area contributed by atoms with Crippen molar-refractivity contribution in [3.63, 3.8) is 0 Å². The van der Waals surface area contributed by atoms with Crippen molar-refractivity contribution in [3.05, 3.63) is 0 Å². The van der Waals surface area contributed by atoms with Crippen LogP contribution in [0.1, 0.15) is 13.3 Å². The Kier molecular flexibility index (Phi) is 8.20. The van der Waals surface area contributed by atoms with Crippen LogP contribution >= 0.6 is 0 Å². The highest BCUT2D eigenvalue weighted by molar-refractivity contribution is 6.60. The van der Waals surface area contributed by atoms with Crippen LogP contribution in [0.3, 0.4) is 0 Å². The van der Waals surface area contributed by atoms with Gasteiger partial charge in [-0.3, -0.25) is 0 Å². The highest BCUT2D eigenvalue weighted by Crippen LogP contribution is 2.17. The first-order valence-corrected chi connectivity index (χ1v) is 9.32. The minimum atomic E-state index is -2.53. The van der Waals surface area contributed by atoms with Gasteiger partial charge in [-0.15, -0.1) is 0 Å². The number of nitrogens with zero attached hydrogens (tertiary/aromatic N) is 2. The minimum Gasteiger partial charge on any atom is -0.380 e. The van der Waals surface area contributed by atoms with Crippen molar-refractivity contribution in [2.24, 2.45) is 0 Å². The number of hydrogen-bond donors (Lipinski definition) is 0. The van der Waals surface area contributed by atoms with Gasteiger partial charge in [0.05, 0.1) is 6.61 Å². The molecule has 1 heterocycles. The zero-order valence-electron chi connectivity index (χ0n) is 13.6. The largest absolute Gasteiger partial charge is 0.500 e. The van der Waals surface area contributed by atoms with Crippen molar-refractivity contribution in [1.29, 1.82) is 0 Å². The molecule has 1 fully saturated rings. The number of rotatable bonds is 11. The van der Waals surface area contributed by atoms with Crippen LogP contribution < -0.4 is 0 Å². The van der Waals surface area contributed by atoms with Gasteiger partial charge < -0.3 is 27.8 Å². The van der Waals surface area contributed by atoms with Crippen LogP contribution in [-0.4, -0.2) is 85.4 Å². The summed E-state index contributed by atoms with van der Waals surface area (Å²) in [5.74, 6) is 0. The first kappa shape index (κ1) is 18.4. The van der Waals surface area contributed by atoms with Gasteiger partial charge in [0.25, 0.3) is 0 Å². The molecule has 1 aliphatic heterocycles. The zero-order valence-corrected chi connectivity index (χ0v) is 14.6. The monoisotopic (exact) mass is 320 g/mol. The van der Waals surface area contributed by atoms with E-state index in [9.17, 15) is 4.79 Å². The van der Waals surface area contributed by atoms with Crippen molar-refractivity contribution in [2.45, 2.75) is 19.4 Å². The summed E-state index contributed by atoms with van der Waals surface area (Å²) >= 11 is 0. The van der Waals surface area contributed by atoms with E-state index in [0.717, 1.165) is 19.5 Å². The standard InChI is InChI=1S/C13H28N2O5Si/c1-5-20-11-10-15-9-8-14(13(15)16)7-6-12-21(17-2,18-3)19-4/h5-12H2,1-4H3. The molecule has 1 saturated heterocycles. The lowest BCUT2D eigenvalue weighted by atomic mass is 10.4. The van der Waals surface area contributed by atoms with Gasteiger partial charge in [-0.1, -0.05) is 0 Å². The van der Waals surface area contributed by atoms with Crippen LogP contribution in [0.2, 0.25) is 6.04 Å². The van der Waals surface area contributed by atoms with Gasteiger partial charge in [-0.25, -0.2) is 4.79 Å². The van der Waals surface area contributed by atoms with Crippen LogP contribution in [0.4, 0.5) is 4.79 Å². The first-order valence-electron chi connectivity index (χ1n) is 7.39. The fraction of sp³-hybridized carbons (Fsp3) is 0.923. The van der Waals surface area contributed by atoms with Crippen LogP contribution in [0.25, 0.3) is 0 Å². The summed E-state index contributed by atoms with van der Waals surface area (Å²) in [6.45, 7) is 6.15. The molecule has 0 bridgehead atoms. The third-order valence-electron chi connectivity index (χ3n) is 3.73. The molecule has 8 heteroatoms. The quantitative estimate of drug-likeness (QED) is 0.420. The molecule has 7 nitrogen and oxygen atoms in total. The normalized spacial score (nSPS) is 16.1. The summed E-state index contributed by atoms with van der Waals surface area (Å²) in [6, 6.07) is 0.799. The first-order chi connectivity index (χ1) is 10.1. The van der Waals surface area contributed by atoms with E-state index in [4.69, 9.17) is 18.0 Å². The van der Waals surface area contributed by atoms with Gasteiger partial charge in [0.1, 0.15) is 0 Å². The van der Waals surface area contributed by atoms with E-state index in [1.807, 2.05) is 16.7 Å². The summed E-state index contributed by atoms with van der Waals surface area (Å²) in [5, 5.41) is 0. The van der Waals surface area contributed by atoms with Crippen LogP contribution in [-0.2, 0) is 18.0 Å². The Balaban J connectivity index is 2.32. The molecule has 124 valence electrons. The molecule has 1 rings (SSSR count). The lowest BCUT2D eigenvalue weighted by molar-refractivity contribution is 0.120. The Bertz CT molecular complexity index is 307. The highest BCUT2D eigenvalue weighted by Gasteiger charge is 2.37. The van der Waals surface area contributed by atoms with E-state index in [-0.39, 0.29) is 6.03 Å². The maximum atomic E-state index is 12.2. The van der Waals surface area contributed by atoms with Crippen molar-refractivity contribution >= 4 is 14.8 Å². The molecule has 0 aliphatic carbocycles. The summed E-state index contributed by atoms with van der Waals surface area (Å²) in [5.41, 5.74) is 0. The Labute approximate surface area is 128 Å². The topological polar surface area (TPSA) is 60.5 Å². The Morgan fingerprint density at radius 2 is 1.62 bits per heavy atom. The lowest BCUT2D eigenvalue weighted by Crippen LogP contribution is -2.43. The van der Waals surface area contributed by atoms with Gasteiger partial charge >= 0.3 is 14.8 Å². The average Bonchev–Trinajstić information content (AvgIpc) is 2.86. The molecule has 0 N–H and O–H groups in total. The van der Waals surface area contributed by atoms with Crippen LogP contribution in [0, 0.1) is 0 Å². The fourth-order valence-corrected chi connectivity index (χ4v) is 4.11. The van der Waals surface area contributed by atoms with Gasteiger partial charge in [0.15, 0.2) is 0 Å². The van der Waals surface area contributed by atoms with Gasteiger partial charge in [0, 0.05) is 60.2 Å². The number of ether oxygens (including phenoxy) is 1. The molecule has 0 saturated carbocycles. The molecule has 21 heavy (non-hydrogen) atoms. The molecule has 0 unspecified atom stereocenters. The van der Waals surface area contributed by atoms with E-state index in [0.29, 0.717) is 32.3 Å². The van der Waals surface area contributed by atoms with Crippen LogP contribution in [0.5, 0.6) is 0 Å². The van der Waals surface area contributed by atoms with Gasteiger partial charge in [0.2, 0.25) is 0 Å². The van der Waals surface area contributed by atoms with Crippen LogP contribution in [0.15, 0.2) is 0 Å². The third kappa shape index (κ3) is 5.22. The summed E-state index contributed by atoms with van der Waals surface area (Å²) in [4.78, 5) is 15.9. The second-order valence-electron chi connectivity index (χ2n) is 4.85. The Hall–Kier alpha value is -0.673. The van der Waals surface area contributed by atoms with Crippen molar-refractivity contribution in [1.82, 2.24) is 9.80 Å². The Morgan fingerprint density at radius 3 is 2.14 bits per heavy atom. The number of amides is 2. The number of urea groups is 1. The third-order valence-corrected chi connectivity index (χ3v) is 6.57. The summed E-state index contributed by atoms with van der Waals surface area (Å²) in [7, 11) is 2.29. The molecule has 0 aromatic carbocycles. The second-order valence-corrected chi connectivity index (χ2v) is 7.94. The zero-order chi connectivity index (χ0) is 15.7. The summed E-state index contributed by atoms with van der Waals surface area (Å²) in [6.07, 6.45) is 0.812. The number of hydrogen-bond acceptors (Lipinski definition) is 5. The van der Waals surface area contributed by atoms with Crippen molar-refractivity contribution in [2.75, 3.05) is 60.7 Å². The smallest absolute Gasteiger partial charge is 0.380 e. The maximum Gasteiger partial charge on any atom is 0.500 e. The van der Waals surface area contributed by atoms with E-state index in [2.05, 4.69) is 0 Å². The molecule has 0 radical (unpaired) electrons. The molecule has 0 atom stereocenters. The highest BCUT2D eigenvalue weighted by atomic mass is 28.4. The van der Waals surface area contributed by atoms with E-state index >= 15 is 0 Å². The fourth-order valence-electron chi connectivity index (χ4n) is 2.41. The predicted octanol–water partition coefficient (Wildman–Crippen LogP) is 1.03. The minimum absolute atomic E-state index is 0.0919. The van der Waals surface area contributed by atoms with Gasteiger partial charge in [-0.05, 0) is 13.3 Å². The lowest BCUT2D eigenvalue weighted by Gasteiger charge is -2.25.